The molecule has 0 spiro atoms. The number of thioether (sulfide) groups is 1. The quantitative estimate of drug-likeness (QED) is 0.479. The number of hydrogen-bond acceptors (Lipinski definition) is 6. The molecule has 1 aromatic heterocycles. The first-order valence-electron chi connectivity index (χ1n) is 8.55. The second-order valence-corrected chi connectivity index (χ2v) is 7.95. The number of carbonyl (C=O) groups excluding carboxylic acids is 1. The maximum atomic E-state index is 12.4. The lowest BCUT2D eigenvalue weighted by Gasteiger charge is -2.13. The number of aromatic nitrogens is 1. The van der Waals surface area contributed by atoms with E-state index in [0.29, 0.717) is 39.1 Å². The number of rotatable bonds is 7. The molecule has 0 aliphatic rings. The summed E-state index contributed by atoms with van der Waals surface area (Å²) in [5.41, 5.74) is 7.20. The lowest BCUT2D eigenvalue weighted by molar-refractivity contribution is 0.0950. The van der Waals surface area contributed by atoms with Crippen molar-refractivity contribution >= 4 is 44.6 Å². The summed E-state index contributed by atoms with van der Waals surface area (Å²) < 4.78 is 6.71. The van der Waals surface area contributed by atoms with Crippen LogP contribution in [0.5, 0.6) is 11.5 Å². The molecule has 0 aliphatic heterocycles. The number of halogens is 1. The van der Waals surface area contributed by atoms with Gasteiger partial charge in [0.1, 0.15) is 11.5 Å². The maximum Gasteiger partial charge on any atom is 0.251 e. The molecule has 0 unspecified atom stereocenters. The number of nitrogens with two attached hydrogens (primary N) is 1. The fourth-order valence-electron chi connectivity index (χ4n) is 2.17. The van der Waals surface area contributed by atoms with Crippen LogP contribution in [0.15, 0.2) is 39.9 Å². The number of nitrogens with zero attached hydrogens (tertiary/aromatic N) is 3. The molecule has 1 aromatic carbocycles. The number of pyridine rings is 1. The lowest BCUT2D eigenvalue weighted by atomic mass is 10.1. The Hall–Kier alpha value is -2.10. The first kappa shape index (κ1) is 22.2. The van der Waals surface area contributed by atoms with Crippen molar-refractivity contribution in [3.8, 4) is 11.5 Å². The minimum absolute atomic E-state index is 0.140. The van der Waals surface area contributed by atoms with Gasteiger partial charge in [-0.05, 0) is 60.9 Å². The van der Waals surface area contributed by atoms with Crippen LogP contribution < -0.4 is 15.8 Å². The van der Waals surface area contributed by atoms with E-state index in [0.717, 1.165) is 12.1 Å². The Labute approximate surface area is 177 Å². The maximum absolute atomic E-state index is 12.4. The molecule has 0 bridgehead atoms. The fraction of sp³-hybridized carbons (Fsp3) is 0.316. The normalized spacial score (nSPS) is 11.6. The summed E-state index contributed by atoms with van der Waals surface area (Å²) in [6.45, 7) is 3.26. The van der Waals surface area contributed by atoms with Gasteiger partial charge in [-0.3, -0.25) is 4.79 Å². The van der Waals surface area contributed by atoms with Crippen molar-refractivity contribution in [1.82, 2.24) is 15.2 Å². The Morgan fingerprint density at radius 1 is 1.36 bits per heavy atom. The summed E-state index contributed by atoms with van der Waals surface area (Å²) in [7, 11) is 3.92. The number of aryl methyl sites for hydroxylation is 1. The Balaban J connectivity index is 2.22. The van der Waals surface area contributed by atoms with Crippen LogP contribution in [-0.2, 0) is 0 Å². The van der Waals surface area contributed by atoms with E-state index in [1.54, 1.807) is 24.4 Å². The lowest BCUT2D eigenvalue weighted by Crippen LogP contribution is -2.31. The van der Waals surface area contributed by atoms with Crippen molar-refractivity contribution in [2.45, 2.75) is 6.92 Å². The van der Waals surface area contributed by atoms with E-state index < -0.39 is 0 Å². The Morgan fingerprint density at radius 3 is 2.79 bits per heavy atom. The number of nitrogens with one attached hydrogen (secondary N) is 1. The van der Waals surface area contributed by atoms with Crippen molar-refractivity contribution < 1.29 is 9.53 Å². The van der Waals surface area contributed by atoms with Crippen LogP contribution in [0.25, 0.3) is 0 Å². The summed E-state index contributed by atoms with van der Waals surface area (Å²) in [5.74, 6) is 1.43. The van der Waals surface area contributed by atoms with Crippen molar-refractivity contribution in [3.63, 3.8) is 0 Å². The SMILES string of the molecule is CSC(N)=Nc1cc(Oc2cc(C(=O)NCCN(C)C)ccc2C)c(Br)cn1. The van der Waals surface area contributed by atoms with Gasteiger partial charge in [-0.15, -0.1) is 0 Å². The van der Waals surface area contributed by atoms with Crippen molar-refractivity contribution in [3.05, 3.63) is 46.1 Å². The molecule has 0 aliphatic carbocycles. The highest BCUT2D eigenvalue weighted by Crippen LogP contribution is 2.33. The van der Waals surface area contributed by atoms with Crippen LogP contribution in [0.2, 0.25) is 0 Å². The second kappa shape index (κ2) is 10.4. The van der Waals surface area contributed by atoms with Gasteiger partial charge < -0.3 is 20.7 Å². The first-order chi connectivity index (χ1) is 13.3. The number of aliphatic imine (C=N–C) groups is 1. The first-order valence-corrected chi connectivity index (χ1v) is 10.6. The van der Waals surface area contributed by atoms with E-state index in [4.69, 9.17) is 10.5 Å². The third-order valence-corrected chi connectivity index (χ3v) is 4.86. The molecule has 1 heterocycles. The minimum Gasteiger partial charge on any atom is -0.456 e. The summed E-state index contributed by atoms with van der Waals surface area (Å²) in [4.78, 5) is 22.8. The number of amides is 1. The predicted molar refractivity (Wildman–Crippen MR) is 119 cm³/mol. The van der Waals surface area contributed by atoms with E-state index >= 15 is 0 Å². The average Bonchev–Trinajstić information content (AvgIpc) is 2.65. The summed E-state index contributed by atoms with van der Waals surface area (Å²) >= 11 is 4.77. The third-order valence-electron chi connectivity index (χ3n) is 3.75. The van der Waals surface area contributed by atoms with Gasteiger partial charge in [-0.1, -0.05) is 17.8 Å². The molecule has 7 nitrogen and oxygen atoms in total. The molecular formula is C19H24BrN5O2S. The average molecular weight is 466 g/mol. The third kappa shape index (κ3) is 6.50. The van der Waals surface area contributed by atoms with Gasteiger partial charge in [-0.2, -0.15) is 0 Å². The van der Waals surface area contributed by atoms with Crippen molar-refractivity contribution in [1.29, 1.82) is 0 Å². The number of amidine groups is 1. The number of carbonyl (C=O) groups is 1. The van der Waals surface area contributed by atoms with Gasteiger partial charge in [0.25, 0.3) is 5.91 Å². The van der Waals surface area contributed by atoms with Gasteiger partial charge in [0.05, 0.1) is 4.47 Å². The largest absolute Gasteiger partial charge is 0.456 e. The van der Waals surface area contributed by atoms with Crippen LogP contribution in [0.3, 0.4) is 0 Å². The van der Waals surface area contributed by atoms with Crippen LogP contribution in [0, 0.1) is 6.92 Å². The number of likely N-dealkylation sites (N-methyl/N-ethyl adjacent to an activating group) is 1. The van der Waals surface area contributed by atoms with Gasteiger partial charge in [-0.25, -0.2) is 9.98 Å². The number of ether oxygens (including phenoxy) is 1. The highest BCUT2D eigenvalue weighted by atomic mass is 79.9. The molecule has 2 aromatic rings. The molecule has 1 amide bonds. The zero-order chi connectivity index (χ0) is 20.7. The molecule has 0 radical (unpaired) electrons. The molecule has 2 rings (SSSR count). The van der Waals surface area contributed by atoms with Crippen molar-refractivity contribution in [2.75, 3.05) is 33.4 Å². The van der Waals surface area contributed by atoms with E-state index in [9.17, 15) is 4.79 Å². The van der Waals surface area contributed by atoms with Gasteiger partial charge in [0, 0.05) is 30.9 Å². The van der Waals surface area contributed by atoms with Crippen LogP contribution in [0.4, 0.5) is 5.82 Å². The summed E-state index contributed by atoms with van der Waals surface area (Å²) in [6.07, 6.45) is 3.45. The monoisotopic (exact) mass is 465 g/mol. The zero-order valence-corrected chi connectivity index (χ0v) is 18.7. The Morgan fingerprint density at radius 2 is 2.11 bits per heavy atom. The molecule has 0 atom stereocenters. The van der Waals surface area contributed by atoms with Crippen LogP contribution in [-0.4, -0.2) is 54.4 Å². The number of hydrogen-bond donors (Lipinski definition) is 2. The molecule has 0 saturated heterocycles. The highest BCUT2D eigenvalue weighted by Gasteiger charge is 2.12. The fourth-order valence-corrected chi connectivity index (χ4v) is 2.66. The van der Waals surface area contributed by atoms with Gasteiger partial charge in [0.15, 0.2) is 11.0 Å². The summed E-state index contributed by atoms with van der Waals surface area (Å²) in [5, 5.41) is 3.31. The number of benzene rings is 1. The molecule has 28 heavy (non-hydrogen) atoms. The van der Waals surface area contributed by atoms with Crippen LogP contribution in [0.1, 0.15) is 15.9 Å². The highest BCUT2D eigenvalue weighted by molar-refractivity contribution is 9.10. The minimum atomic E-state index is -0.140. The second-order valence-electron chi connectivity index (χ2n) is 6.27. The predicted octanol–water partition coefficient (Wildman–Crippen LogP) is 3.55. The van der Waals surface area contributed by atoms with E-state index in [-0.39, 0.29) is 5.91 Å². The summed E-state index contributed by atoms with van der Waals surface area (Å²) in [6, 6.07) is 7.06. The molecular weight excluding hydrogens is 442 g/mol. The van der Waals surface area contributed by atoms with E-state index in [1.807, 2.05) is 38.2 Å². The van der Waals surface area contributed by atoms with Gasteiger partial charge in [0.2, 0.25) is 0 Å². The van der Waals surface area contributed by atoms with Gasteiger partial charge >= 0.3 is 0 Å². The topological polar surface area (TPSA) is 92.8 Å². The standard InChI is InChI=1S/C19H24BrN5O2S/c1-12-5-6-13(18(26)22-7-8-25(2)3)9-15(12)27-16-10-17(23-11-14(16)20)24-19(21)28-4/h5-6,9-11H,7-8H2,1-4H3,(H,22,26)(H2,21,23,24). The molecule has 0 fully saturated rings. The van der Waals surface area contributed by atoms with Crippen molar-refractivity contribution in [2.24, 2.45) is 10.7 Å². The Bertz CT molecular complexity index is 873. The molecule has 0 saturated carbocycles. The zero-order valence-electron chi connectivity index (χ0n) is 16.3. The molecule has 150 valence electrons. The molecule has 3 N–H and O–H groups in total. The molecule has 9 heteroatoms. The smallest absolute Gasteiger partial charge is 0.251 e. The van der Waals surface area contributed by atoms with E-state index in [1.165, 1.54) is 11.8 Å². The Kier molecular flexibility index (Phi) is 8.28. The van der Waals surface area contributed by atoms with E-state index in [2.05, 4.69) is 31.2 Å². The van der Waals surface area contributed by atoms with Crippen LogP contribution >= 0.6 is 27.7 Å².